The molecule has 2 aromatic rings. The quantitative estimate of drug-likeness (QED) is 0.386. The second-order valence-electron chi connectivity index (χ2n) is 5.94. The summed E-state index contributed by atoms with van der Waals surface area (Å²) < 4.78 is 5.68. The van der Waals surface area contributed by atoms with Crippen LogP contribution in [0.4, 0.5) is 10.7 Å². The fourth-order valence-corrected chi connectivity index (χ4v) is 4.53. The lowest BCUT2D eigenvalue weighted by Gasteiger charge is -2.17. The normalized spacial score (nSPS) is 10.4. The number of hydrogen-bond acceptors (Lipinski definition) is 5. The predicted molar refractivity (Wildman–Crippen MR) is 127 cm³/mol. The van der Waals surface area contributed by atoms with Gasteiger partial charge in [0.2, 0.25) is 0 Å². The van der Waals surface area contributed by atoms with E-state index in [-0.39, 0.29) is 11.0 Å². The SMILES string of the molecule is CCN(CC)C(=O)c1sc(NC(=S)Nc2ccc(Br)c(Cl)c2)c(C(=O)OC)c1C. The molecule has 2 rings (SSSR count). The van der Waals surface area contributed by atoms with Gasteiger partial charge in [-0.2, -0.15) is 0 Å². The van der Waals surface area contributed by atoms with Crippen LogP contribution in [0.15, 0.2) is 22.7 Å². The van der Waals surface area contributed by atoms with E-state index in [1.807, 2.05) is 13.8 Å². The Kier molecular flexibility index (Phi) is 8.45. The second-order valence-corrected chi connectivity index (χ2v) is 8.63. The lowest BCUT2D eigenvalue weighted by molar-refractivity contribution is 0.0601. The van der Waals surface area contributed by atoms with Gasteiger partial charge in [0.1, 0.15) is 5.00 Å². The Balaban J connectivity index is 2.33. The fraction of sp³-hybridized carbons (Fsp3) is 0.316. The number of benzene rings is 1. The highest BCUT2D eigenvalue weighted by atomic mass is 79.9. The second kappa shape index (κ2) is 10.4. The van der Waals surface area contributed by atoms with Crippen molar-refractivity contribution in [2.45, 2.75) is 20.8 Å². The summed E-state index contributed by atoms with van der Waals surface area (Å²) in [4.78, 5) is 27.4. The Morgan fingerprint density at radius 2 is 1.93 bits per heavy atom. The molecule has 156 valence electrons. The lowest BCUT2D eigenvalue weighted by atomic mass is 10.1. The third-order valence-electron chi connectivity index (χ3n) is 4.19. The molecule has 2 N–H and O–H groups in total. The van der Waals surface area contributed by atoms with Crippen molar-refractivity contribution in [3.05, 3.63) is 43.7 Å². The van der Waals surface area contributed by atoms with Gasteiger partial charge in [-0.15, -0.1) is 11.3 Å². The van der Waals surface area contributed by atoms with Crippen molar-refractivity contribution < 1.29 is 14.3 Å². The van der Waals surface area contributed by atoms with Crippen LogP contribution in [0.5, 0.6) is 0 Å². The van der Waals surface area contributed by atoms with Crippen molar-refractivity contribution in [2.75, 3.05) is 30.8 Å². The summed E-state index contributed by atoms with van der Waals surface area (Å²) in [6, 6.07) is 5.32. The van der Waals surface area contributed by atoms with E-state index < -0.39 is 5.97 Å². The van der Waals surface area contributed by atoms with Crippen LogP contribution in [-0.4, -0.2) is 42.1 Å². The molecule has 0 saturated heterocycles. The summed E-state index contributed by atoms with van der Waals surface area (Å²) in [6.07, 6.45) is 0. The van der Waals surface area contributed by atoms with Gasteiger partial charge in [0.25, 0.3) is 5.91 Å². The zero-order valence-electron chi connectivity index (χ0n) is 16.4. The average molecular weight is 519 g/mol. The highest BCUT2D eigenvalue weighted by Gasteiger charge is 2.27. The first-order valence-corrected chi connectivity index (χ1v) is 11.2. The number of amides is 1. The topological polar surface area (TPSA) is 70.7 Å². The maximum Gasteiger partial charge on any atom is 0.341 e. The predicted octanol–water partition coefficient (Wildman–Crippen LogP) is 5.55. The van der Waals surface area contributed by atoms with Crippen molar-refractivity contribution in [1.82, 2.24) is 4.90 Å². The van der Waals surface area contributed by atoms with Crippen LogP contribution < -0.4 is 10.6 Å². The number of thiocarbonyl (C=S) groups is 1. The van der Waals surface area contributed by atoms with Crippen molar-refractivity contribution in [1.29, 1.82) is 0 Å². The minimum absolute atomic E-state index is 0.130. The Labute approximate surface area is 192 Å². The van der Waals surface area contributed by atoms with E-state index in [0.717, 1.165) is 4.47 Å². The van der Waals surface area contributed by atoms with Gasteiger partial charge >= 0.3 is 5.97 Å². The third kappa shape index (κ3) is 5.48. The molecule has 10 heteroatoms. The van der Waals surface area contributed by atoms with Crippen LogP contribution in [0, 0.1) is 6.92 Å². The zero-order valence-corrected chi connectivity index (χ0v) is 20.4. The van der Waals surface area contributed by atoms with Gasteiger partial charge in [-0.3, -0.25) is 4.79 Å². The highest BCUT2D eigenvalue weighted by molar-refractivity contribution is 9.10. The van der Waals surface area contributed by atoms with Crippen molar-refractivity contribution >= 4 is 78.8 Å². The van der Waals surface area contributed by atoms with Crippen LogP contribution in [0.2, 0.25) is 5.02 Å². The first-order chi connectivity index (χ1) is 13.7. The molecule has 1 heterocycles. The molecule has 29 heavy (non-hydrogen) atoms. The fourth-order valence-electron chi connectivity index (χ4n) is 2.65. The molecule has 0 atom stereocenters. The first-order valence-electron chi connectivity index (χ1n) is 8.77. The van der Waals surface area contributed by atoms with Gasteiger partial charge in [0.05, 0.1) is 22.6 Å². The Bertz CT molecular complexity index is 945. The number of carbonyl (C=O) groups is 2. The van der Waals surface area contributed by atoms with Crippen molar-refractivity contribution in [3.8, 4) is 0 Å². The van der Waals surface area contributed by atoms with Gasteiger partial charge in [-0.25, -0.2) is 4.79 Å². The van der Waals surface area contributed by atoms with E-state index >= 15 is 0 Å². The number of halogens is 2. The van der Waals surface area contributed by atoms with Crippen molar-refractivity contribution in [2.24, 2.45) is 0 Å². The molecule has 6 nitrogen and oxygen atoms in total. The van der Waals surface area contributed by atoms with E-state index in [2.05, 4.69) is 26.6 Å². The summed E-state index contributed by atoms with van der Waals surface area (Å²) in [7, 11) is 1.30. The average Bonchev–Trinajstić information content (AvgIpc) is 3.00. The largest absolute Gasteiger partial charge is 0.465 e. The van der Waals surface area contributed by atoms with E-state index in [1.54, 1.807) is 30.0 Å². The van der Waals surface area contributed by atoms with E-state index in [0.29, 0.717) is 44.8 Å². The van der Waals surface area contributed by atoms with Crippen LogP contribution in [0.3, 0.4) is 0 Å². The summed E-state index contributed by atoms with van der Waals surface area (Å²) >= 11 is 16.0. The molecule has 1 aromatic carbocycles. The highest BCUT2D eigenvalue weighted by Crippen LogP contribution is 2.35. The number of nitrogens with zero attached hydrogens (tertiary/aromatic N) is 1. The summed E-state index contributed by atoms with van der Waals surface area (Å²) in [5.41, 5.74) is 1.55. The monoisotopic (exact) mass is 517 g/mol. The molecule has 0 fully saturated rings. The third-order valence-corrected chi connectivity index (χ3v) is 6.82. The maximum atomic E-state index is 12.8. The molecule has 0 aliphatic heterocycles. The standard InChI is InChI=1S/C19H21BrClN3O3S2/c1-5-24(6-2)17(25)15-10(3)14(18(26)27-4)16(29-15)23-19(28)22-11-7-8-12(20)13(21)9-11/h7-9H,5-6H2,1-4H3,(H2,22,23,28). The molecule has 0 saturated carbocycles. The Morgan fingerprint density at radius 3 is 2.48 bits per heavy atom. The number of methoxy groups -OCH3 is 1. The smallest absolute Gasteiger partial charge is 0.341 e. The number of rotatable bonds is 6. The van der Waals surface area contributed by atoms with E-state index in [9.17, 15) is 9.59 Å². The number of ether oxygens (including phenoxy) is 1. The first kappa shape index (κ1) is 23.6. The number of anilines is 2. The van der Waals surface area contributed by atoms with E-state index in [1.165, 1.54) is 18.4 Å². The van der Waals surface area contributed by atoms with Gasteiger partial charge < -0.3 is 20.3 Å². The summed E-state index contributed by atoms with van der Waals surface area (Å²) in [5, 5.41) is 7.28. The van der Waals surface area contributed by atoms with Crippen molar-refractivity contribution in [3.63, 3.8) is 0 Å². The molecular formula is C19H21BrClN3O3S2. The van der Waals surface area contributed by atoms with Crippen LogP contribution in [0.25, 0.3) is 0 Å². The van der Waals surface area contributed by atoms with Gasteiger partial charge in [0, 0.05) is 23.2 Å². The van der Waals surface area contributed by atoms with Crippen LogP contribution in [0.1, 0.15) is 39.4 Å². The van der Waals surface area contributed by atoms with Crippen LogP contribution >= 0.6 is 51.1 Å². The molecule has 0 aliphatic carbocycles. The Morgan fingerprint density at radius 1 is 1.28 bits per heavy atom. The van der Waals surface area contributed by atoms with Crippen LogP contribution in [-0.2, 0) is 4.74 Å². The number of esters is 1. The minimum Gasteiger partial charge on any atom is -0.465 e. The summed E-state index contributed by atoms with van der Waals surface area (Å²) in [6.45, 7) is 6.70. The van der Waals surface area contributed by atoms with Gasteiger partial charge in [-0.1, -0.05) is 11.6 Å². The molecular weight excluding hydrogens is 498 g/mol. The van der Waals surface area contributed by atoms with Gasteiger partial charge in [-0.05, 0) is 72.7 Å². The molecule has 0 bridgehead atoms. The van der Waals surface area contributed by atoms with E-state index in [4.69, 9.17) is 28.6 Å². The molecule has 0 spiro atoms. The lowest BCUT2D eigenvalue weighted by Crippen LogP contribution is -2.30. The molecule has 1 amide bonds. The number of thiophene rings is 1. The number of hydrogen-bond donors (Lipinski definition) is 2. The number of carbonyl (C=O) groups excluding carboxylic acids is 2. The summed E-state index contributed by atoms with van der Waals surface area (Å²) in [5.74, 6) is -0.663. The number of nitrogens with one attached hydrogen (secondary N) is 2. The maximum absolute atomic E-state index is 12.8. The molecule has 1 aromatic heterocycles. The zero-order chi connectivity index (χ0) is 21.7. The Hall–Kier alpha value is -1.68. The molecule has 0 radical (unpaired) electrons. The minimum atomic E-state index is -0.533. The van der Waals surface area contributed by atoms with Gasteiger partial charge in [0.15, 0.2) is 5.11 Å². The molecule has 0 aliphatic rings. The molecule has 0 unspecified atom stereocenters.